The average Bonchev–Trinajstić information content (AvgIpc) is 2.28. The molecule has 0 aliphatic heterocycles. The minimum absolute atomic E-state index is 0.0434. The van der Waals surface area contributed by atoms with Crippen LogP contribution in [0.15, 0.2) is 18.2 Å². The quantitative estimate of drug-likeness (QED) is 0.669. The SMILES string of the molecule is CCCCC(=O)c1ccc(CC(C)C)c(F)c1. The van der Waals surface area contributed by atoms with Gasteiger partial charge in [0.05, 0.1) is 0 Å². The second kappa shape index (κ2) is 6.53. The van der Waals surface area contributed by atoms with Crippen LogP contribution in [0.4, 0.5) is 4.39 Å². The van der Waals surface area contributed by atoms with Crippen LogP contribution in [-0.2, 0) is 6.42 Å². The first kappa shape index (κ1) is 13.9. The molecule has 0 aliphatic rings. The zero-order chi connectivity index (χ0) is 12.8. The maximum atomic E-state index is 13.7. The zero-order valence-electron chi connectivity index (χ0n) is 10.9. The highest BCUT2D eigenvalue weighted by Crippen LogP contribution is 2.16. The van der Waals surface area contributed by atoms with Gasteiger partial charge in [0.25, 0.3) is 0 Å². The van der Waals surface area contributed by atoms with Crippen LogP contribution < -0.4 is 0 Å². The van der Waals surface area contributed by atoms with Crippen molar-refractivity contribution in [3.8, 4) is 0 Å². The Morgan fingerprint density at radius 3 is 2.59 bits per heavy atom. The van der Waals surface area contributed by atoms with E-state index in [2.05, 4.69) is 13.8 Å². The van der Waals surface area contributed by atoms with Crippen LogP contribution in [0.3, 0.4) is 0 Å². The van der Waals surface area contributed by atoms with Gasteiger partial charge in [0.1, 0.15) is 5.82 Å². The highest BCUT2D eigenvalue weighted by Gasteiger charge is 2.10. The molecule has 0 N–H and O–H groups in total. The molecule has 0 spiro atoms. The van der Waals surface area contributed by atoms with Gasteiger partial charge in [-0.15, -0.1) is 0 Å². The monoisotopic (exact) mass is 236 g/mol. The Hall–Kier alpha value is -1.18. The molecule has 17 heavy (non-hydrogen) atoms. The van der Waals surface area contributed by atoms with Crippen molar-refractivity contribution in [2.45, 2.75) is 46.5 Å². The van der Waals surface area contributed by atoms with E-state index >= 15 is 0 Å². The van der Waals surface area contributed by atoms with Crippen LogP contribution >= 0.6 is 0 Å². The summed E-state index contributed by atoms with van der Waals surface area (Å²) in [5, 5.41) is 0. The van der Waals surface area contributed by atoms with Gasteiger partial charge in [-0.1, -0.05) is 39.3 Å². The molecule has 1 aromatic carbocycles. The van der Waals surface area contributed by atoms with Gasteiger partial charge in [-0.25, -0.2) is 4.39 Å². The van der Waals surface area contributed by atoms with E-state index in [1.54, 1.807) is 12.1 Å². The molecule has 0 unspecified atom stereocenters. The summed E-state index contributed by atoms with van der Waals surface area (Å²) in [6, 6.07) is 4.88. The summed E-state index contributed by atoms with van der Waals surface area (Å²) in [5.74, 6) is 0.217. The van der Waals surface area contributed by atoms with E-state index in [4.69, 9.17) is 0 Å². The van der Waals surface area contributed by atoms with Crippen LogP contribution in [0.5, 0.6) is 0 Å². The molecule has 0 fully saturated rings. The van der Waals surface area contributed by atoms with Crippen molar-refractivity contribution in [1.29, 1.82) is 0 Å². The lowest BCUT2D eigenvalue weighted by Gasteiger charge is -2.08. The first-order chi connectivity index (χ1) is 8.04. The van der Waals surface area contributed by atoms with E-state index in [0.29, 0.717) is 23.5 Å². The summed E-state index contributed by atoms with van der Waals surface area (Å²) >= 11 is 0. The summed E-state index contributed by atoms with van der Waals surface area (Å²) in [7, 11) is 0. The molecule has 1 rings (SSSR count). The van der Waals surface area contributed by atoms with Gasteiger partial charge in [-0.05, 0) is 30.4 Å². The van der Waals surface area contributed by atoms with Gasteiger partial charge < -0.3 is 0 Å². The van der Waals surface area contributed by atoms with Crippen LogP contribution in [0.1, 0.15) is 56.0 Å². The minimum Gasteiger partial charge on any atom is -0.294 e. The van der Waals surface area contributed by atoms with E-state index in [9.17, 15) is 9.18 Å². The molecule has 0 saturated heterocycles. The molecule has 1 aromatic rings. The molecule has 0 radical (unpaired) electrons. The smallest absolute Gasteiger partial charge is 0.162 e. The van der Waals surface area contributed by atoms with Crippen LogP contribution in [0.25, 0.3) is 0 Å². The molecular formula is C15H21FO. The third-order valence-corrected chi connectivity index (χ3v) is 2.76. The normalized spacial score (nSPS) is 10.9. The molecule has 0 aliphatic carbocycles. The fraction of sp³-hybridized carbons (Fsp3) is 0.533. The summed E-state index contributed by atoms with van der Waals surface area (Å²) in [6.45, 7) is 6.15. The third-order valence-electron chi connectivity index (χ3n) is 2.76. The Balaban J connectivity index is 2.77. The Morgan fingerprint density at radius 2 is 2.06 bits per heavy atom. The van der Waals surface area contributed by atoms with Crippen LogP contribution in [0.2, 0.25) is 0 Å². The molecule has 94 valence electrons. The number of ketones is 1. The lowest BCUT2D eigenvalue weighted by Crippen LogP contribution is -2.03. The van der Waals surface area contributed by atoms with Crippen molar-refractivity contribution >= 4 is 5.78 Å². The molecule has 0 bridgehead atoms. The van der Waals surface area contributed by atoms with Gasteiger partial charge in [0.15, 0.2) is 5.78 Å². The highest BCUT2D eigenvalue weighted by atomic mass is 19.1. The van der Waals surface area contributed by atoms with Crippen LogP contribution in [-0.4, -0.2) is 5.78 Å². The Bertz CT molecular complexity index is 383. The van der Waals surface area contributed by atoms with Crippen molar-refractivity contribution in [3.05, 3.63) is 35.1 Å². The van der Waals surface area contributed by atoms with Crippen molar-refractivity contribution in [3.63, 3.8) is 0 Å². The van der Waals surface area contributed by atoms with Crippen LogP contribution in [0, 0.1) is 11.7 Å². The highest BCUT2D eigenvalue weighted by molar-refractivity contribution is 5.96. The van der Waals surface area contributed by atoms with E-state index < -0.39 is 0 Å². The molecule has 0 amide bonds. The number of rotatable bonds is 6. The Morgan fingerprint density at radius 1 is 1.35 bits per heavy atom. The van der Waals surface area contributed by atoms with Crippen molar-refractivity contribution in [2.24, 2.45) is 5.92 Å². The molecule has 2 heteroatoms. The number of hydrogen-bond acceptors (Lipinski definition) is 1. The van der Waals surface area contributed by atoms with E-state index in [0.717, 1.165) is 19.3 Å². The molecule has 0 heterocycles. The number of Topliss-reactive ketones (excluding diaryl/α,β-unsaturated/α-hetero) is 1. The molecule has 0 saturated carbocycles. The largest absolute Gasteiger partial charge is 0.294 e. The lowest BCUT2D eigenvalue weighted by molar-refractivity contribution is 0.0979. The number of unbranched alkanes of at least 4 members (excludes halogenated alkanes) is 1. The summed E-state index contributed by atoms with van der Waals surface area (Å²) < 4.78 is 13.7. The molecular weight excluding hydrogens is 215 g/mol. The minimum atomic E-state index is -0.249. The second-order valence-electron chi connectivity index (χ2n) is 4.93. The molecule has 0 aromatic heterocycles. The predicted octanol–water partition coefficient (Wildman–Crippen LogP) is 4.40. The summed E-state index contributed by atoms with van der Waals surface area (Å²) in [5.41, 5.74) is 1.20. The Kier molecular flexibility index (Phi) is 5.33. The topological polar surface area (TPSA) is 17.1 Å². The van der Waals surface area contributed by atoms with E-state index in [1.165, 1.54) is 6.07 Å². The number of halogens is 1. The fourth-order valence-electron chi connectivity index (χ4n) is 1.81. The van der Waals surface area contributed by atoms with Gasteiger partial charge in [-0.2, -0.15) is 0 Å². The number of carbonyl (C=O) groups is 1. The Labute approximate surface area is 103 Å². The average molecular weight is 236 g/mol. The van der Waals surface area contributed by atoms with Gasteiger partial charge in [0.2, 0.25) is 0 Å². The fourth-order valence-corrected chi connectivity index (χ4v) is 1.81. The van der Waals surface area contributed by atoms with Crippen molar-refractivity contribution in [1.82, 2.24) is 0 Å². The maximum absolute atomic E-state index is 13.7. The zero-order valence-corrected chi connectivity index (χ0v) is 10.9. The summed E-state index contributed by atoms with van der Waals surface area (Å²) in [4.78, 5) is 11.7. The first-order valence-corrected chi connectivity index (χ1v) is 6.36. The van der Waals surface area contributed by atoms with Crippen molar-refractivity contribution < 1.29 is 9.18 Å². The van der Waals surface area contributed by atoms with Gasteiger partial charge in [-0.3, -0.25) is 4.79 Å². The second-order valence-corrected chi connectivity index (χ2v) is 4.93. The van der Waals surface area contributed by atoms with Gasteiger partial charge in [0, 0.05) is 12.0 Å². The van der Waals surface area contributed by atoms with Crippen molar-refractivity contribution in [2.75, 3.05) is 0 Å². The molecule has 1 nitrogen and oxygen atoms in total. The number of benzene rings is 1. The van der Waals surface area contributed by atoms with E-state index in [-0.39, 0.29) is 11.6 Å². The van der Waals surface area contributed by atoms with E-state index in [1.807, 2.05) is 6.92 Å². The third kappa shape index (κ3) is 4.29. The van der Waals surface area contributed by atoms with Gasteiger partial charge >= 0.3 is 0 Å². The lowest BCUT2D eigenvalue weighted by atomic mass is 9.99. The predicted molar refractivity (Wildman–Crippen MR) is 68.8 cm³/mol. The first-order valence-electron chi connectivity index (χ1n) is 6.36. The standard InChI is InChI=1S/C15H21FO/c1-4-5-6-15(17)13-8-7-12(9-11(2)3)14(16)10-13/h7-8,10-11H,4-6,9H2,1-3H3. The number of carbonyl (C=O) groups excluding carboxylic acids is 1. The number of hydrogen-bond donors (Lipinski definition) is 0. The maximum Gasteiger partial charge on any atom is 0.162 e. The summed E-state index contributed by atoms with van der Waals surface area (Å²) in [6.07, 6.45) is 3.09. The molecule has 0 atom stereocenters.